The van der Waals surface area contributed by atoms with Crippen molar-refractivity contribution in [3.63, 3.8) is 0 Å². The lowest BCUT2D eigenvalue weighted by Gasteiger charge is -2.10. The molecule has 0 saturated heterocycles. The number of aromatic nitrogens is 2. The van der Waals surface area contributed by atoms with Crippen LogP contribution in [-0.4, -0.2) is 23.1 Å². The molecule has 5 rings (SSSR count). The third kappa shape index (κ3) is 2.09. The number of fused-ring (bicyclic) bond motifs is 3. The van der Waals surface area contributed by atoms with Crippen LogP contribution in [0.2, 0.25) is 0 Å². The minimum Gasteiger partial charge on any atom is -0.454 e. The Labute approximate surface area is 147 Å². The molecule has 0 amide bonds. The maximum atomic E-state index is 12.6. The average molecular weight is 348 g/mol. The molecule has 0 saturated carbocycles. The van der Waals surface area contributed by atoms with E-state index in [1.165, 1.54) is 4.57 Å². The summed E-state index contributed by atoms with van der Waals surface area (Å²) in [6, 6.07) is 11.8. The number of rotatable bonds is 1. The van der Waals surface area contributed by atoms with E-state index in [1.54, 1.807) is 19.1 Å². The van der Waals surface area contributed by atoms with Gasteiger partial charge in [0.2, 0.25) is 13.6 Å². The Hall–Kier alpha value is -3.66. The minimum atomic E-state index is -0.460. The molecule has 1 aromatic heterocycles. The van der Waals surface area contributed by atoms with Crippen molar-refractivity contribution in [2.75, 3.05) is 13.6 Å². The molecule has 0 spiro atoms. The highest BCUT2D eigenvalue weighted by Gasteiger charge is 2.21. The Balaban J connectivity index is 1.84. The molecule has 0 unspecified atom stereocenters. The van der Waals surface area contributed by atoms with Gasteiger partial charge in [-0.15, -0.1) is 0 Å². The molecule has 0 fully saturated rings. The van der Waals surface area contributed by atoms with E-state index in [0.717, 1.165) is 10.9 Å². The van der Waals surface area contributed by atoms with E-state index in [-0.39, 0.29) is 13.6 Å². The minimum absolute atomic E-state index is 0.141. The fourth-order valence-corrected chi connectivity index (χ4v) is 3.10. The highest BCUT2D eigenvalue weighted by Crippen LogP contribution is 2.40. The van der Waals surface area contributed by atoms with Crippen LogP contribution >= 0.6 is 0 Å². The van der Waals surface area contributed by atoms with Gasteiger partial charge in [0.1, 0.15) is 0 Å². The summed E-state index contributed by atoms with van der Waals surface area (Å²) >= 11 is 0. The Bertz CT molecular complexity index is 1190. The highest BCUT2D eigenvalue weighted by atomic mass is 16.7. The SMILES string of the molecule is CC#Cn1c(=O)nc(-c2ccc3c(c2)OCO3)c2cc3c(cc21)OCO3. The molecule has 7 nitrogen and oxygen atoms in total. The van der Waals surface area contributed by atoms with Crippen LogP contribution in [0.5, 0.6) is 23.0 Å². The zero-order valence-corrected chi connectivity index (χ0v) is 13.7. The van der Waals surface area contributed by atoms with Crippen LogP contribution in [0.25, 0.3) is 22.2 Å². The summed E-state index contributed by atoms with van der Waals surface area (Å²) in [5, 5.41) is 0.732. The zero-order valence-electron chi connectivity index (χ0n) is 13.7. The molecule has 0 radical (unpaired) electrons. The van der Waals surface area contributed by atoms with Crippen LogP contribution in [0.3, 0.4) is 0 Å². The van der Waals surface area contributed by atoms with Gasteiger partial charge in [-0.05, 0) is 31.2 Å². The number of benzene rings is 2. The molecule has 0 atom stereocenters. The van der Waals surface area contributed by atoms with E-state index in [4.69, 9.17) is 18.9 Å². The van der Waals surface area contributed by atoms with E-state index in [1.807, 2.05) is 18.2 Å². The van der Waals surface area contributed by atoms with E-state index in [0.29, 0.717) is 34.2 Å². The summed E-state index contributed by atoms with van der Waals surface area (Å²) in [7, 11) is 0. The monoisotopic (exact) mass is 348 g/mol. The van der Waals surface area contributed by atoms with Gasteiger partial charge in [0.25, 0.3) is 0 Å². The van der Waals surface area contributed by atoms with Gasteiger partial charge in [-0.3, -0.25) is 0 Å². The molecule has 0 aliphatic carbocycles. The highest BCUT2D eigenvalue weighted by molar-refractivity contribution is 5.95. The third-order valence-corrected chi connectivity index (χ3v) is 4.26. The van der Waals surface area contributed by atoms with Crippen molar-refractivity contribution < 1.29 is 18.9 Å². The van der Waals surface area contributed by atoms with Crippen molar-refractivity contribution in [1.29, 1.82) is 0 Å². The van der Waals surface area contributed by atoms with Crippen molar-refractivity contribution in [2.24, 2.45) is 0 Å². The second-order valence-corrected chi connectivity index (χ2v) is 5.73. The number of hydrogen-bond donors (Lipinski definition) is 0. The van der Waals surface area contributed by atoms with E-state index < -0.39 is 5.69 Å². The Kier molecular flexibility index (Phi) is 3.06. The molecular formula is C19H12N2O5. The van der Waals surface area contributed by atoms with Gasteiger partial charge < -0.3 is 18.9 Å². The molecule has 3 heterocycles. The first-order valence-corrected chi connectivity index (χ1v) is 7.94. The molecule has 26 heavy (non-hydrogen) atoms. The fraction of sp³-hybridized carbons (Fsp3) is 0.158. The van der Waals surface area contributed by atoms with Gasteiger partial charge in [0.05, 0.1) is 11.2 Å². The Morgan fingerprint density at radius 3 is 2.42 bits per heavy atom. The predicted octanol–water partition coefficient (Wildman–Crippen LogP) is 2.35. The lowest BCUT2D eigenvalue weighted by Crippen LogP contribution is -2.21. The summed E-state index contributed by atoms with van der Waals surface area (Å²) in [4.78, 5) is 16.8. The lowest BCUT2D eigenvalue weighted by atomic mass is 10.0. The standard InChI is InChI=1S/C19H12N2O5/c1-2-5-21-13-8-17-16(25-10-26-17)7-12(13)18(20-19(21)22)11-3-4-14-15(6-11)24-9-23-14/h3-4,6-8H,9-10H2,1H3. The van der Waals surface area contributed by atoms with Crippen LogP contribution in [0.1, 0.15) is 6.92 Å². The van der Waals surface area contributed by atoms with Crippen molar-refractivity contribution in [2.45, 2.75) is 6.92 Å². The zero-order chi connectivity index (χ0) is 17.7. The molecular weight excluding hydrogens is 336 g/mol. The molecule has 0 bridgehead atoms. The summed E-state index contributed by atoms with van der Waals surface area (Å²) in [6.07, 6.45) is 0. The largest absolute Gasteiger partial charge is 0.454 e. The normalized spacial score (nSPS) is 13.6. The quantitative estimate of drug-likeness (QED) is 0.629. The second kappa shape index (κ2) is 5.43. The maximum Gasteiger partial charge on any atom is 0.360 e. The first kappa shape index (κ1) is 14.7. The Morgan fingerprint density at radius 2 is 1.65 bits per heavy atom. The number of ether oxygens (including phenoxy) is 4. The second-order valence-electron chi connectivity index (χ2n) is 5.73. The average Bonchev–Trinajstić information content (AvgIpc) is 3.30. The molecule has 2 aromatic carbocycles. The first-order chi connectivity index (χ1) is 12.7. The van der Waals surface area contributed by atoms with E-state index in [9.17, 15) is 4.79 Å². The molecule has 3 aromatic rings. The van der Waals surface area contributed by atoms with Crippen molar-refractivity contribution in [3.05, 3.63) is 40.8 Å². The van der Waals surface area contributed by atoms with Gasteiger partial charge in [-0.25, -0.2) is 9.36 Å². The van der Waals surface area contributed by atoms with Crippen LogP contribution in [0, 0.1) is 12.0 Å². The smallest absolute Gasteiger partial charge is 0.360 e. The molecule has 2 aliphatic heterocycles. The van der Waals surface area contributed by atoms with Crippen LogP contribution < -0.4 is 24.6 Å². The van der Waals surface area contributed by atoms with Crippen molar-refractivity contribution >= 4 is 10.9 Å². The topological polar surface area (TPSA) is 71.8 Å². The van der Waals surface area contributed by atoms with Crippen LogP contribution in [-0.2, 0) is 0 Å². The molecule has 128 valence electrons. The molecule has 2 aliphatic rings. The summed E-state index contributed by atoms with van der Waals surface area (Å²) in [5.74, 6) is 5.21. The van der Waals surface area contributed by atoms with Gasteiger partial charge in [-0.2, -0.15) is 4.98 Å². The molecule has 0 N–H and O–H groups in total. The fourth-order valence-electron chi connectivity index (χ4n) is 3.10. The number of hydrogen-bond acceptors (Lipinski definition) is 6. The molecule has 7 heteroatoms. The predicted molar refractivity (Wildman–Crippen MR) is 92.5 cm³/mol. The summed E-state index contributed by atoms with van der Waals surface area (Å²) in [5.41, 5.74) is 1.41. The van der Waals surface area contributed by atoms with Gasteiger partial charge >= 0.3 is 5.69 Å². The van der Waals surface area contributed by atoms with Crippen LogP contribution in [0.4, 0.5) is 0 Å². The Morgan fingerprint density at radius 1 is 0.962 bits per heavy atom. The van der Waals surface area contributed by atoms with Gasteiger partial charge in [-0.1, -0.05) is 5.92 Å². The lowest BCUT2D eigenvalue weighted by molar-refractivity contribution is 0.173. The van der Waals surface area contributed by atoms with Gasteiger partial charge in [0.15, 0.2) is 23.0 Å². The van der Waals surface area contributed by atoms with Crippen LogP contribution in [0.15, 0.2) is 35.1 Å². The van der Waals surface area contributed by atoms with Crippen molar-refractivity contribution in [3.8, 4) is 46.2 Å². The third-order valence-electron chi connectivity index (χ3n) is 4.26. The number of nitrogens with zero attached hydrogens (tertiary/aromatic N) is 2. The summed E-state index contributed by atoms with van der Waals surface area (Å²) in [6.45, 7) is 1.98. The summed E-state index contributed by atoms with van der Waals surface area (Å²) < 4.78 is 23.0. The van der Waals surface area contributed by atoms with Crippen molar-refractivity contribution in [1.82, 2.24) is 9.55 Å². The first-order valence-electron chi connectivity index (χ1n) is 7.94. The maximum absolute atomic E-state index is 12.6. The van der Waals surface area contributed by atoms with Gasteiger partial charge in [0, 0.05) is 23.1 Å². The van der Waals surface area contributed by atoms with E-state index >= 15 is 0 Å². The van der Waals surface area contributed by atoms with E-state index in [2.05, 4.69) is 16.9 Å².